The molecule has 1 aliphatic rings. The number of carbonyl (C=O) groups is 2. The fourth-order valence-corrected chi connectivity index (χ4v) is 1.91. The summed E-state index contributed by atoms with van der Waals surface area (Å²) in [5.41, 5.74) is -0.478. The summed E-state index contributed by atoms with van der Waals surface area (Å²) < 4.78 is 5.25. The Morgan fingerprint density at radius 3 is 2.59 bits per heavy atom. The number of rotatable bonds is 4. The Hall–Kier alpha value is -1.10. The van der Waals surface area contributed by atoms with Gasteiger partial charge in [0.05, 0.1) is 12.6 Å². The number of carbonyl (C=O) groups excluding carboxylic acids is 2. The van der Waals surface area contributed by atoms with Gasteiger partial charge in [-0.15, -0.1) is 0 Å². The van der Waals surface area contributed by atoms with E-state index in [1.165, 1.54) is 0 Å². The number of hydrogen-bond donors (Lipinski definition) is 1. The van der Waals surface area contributed by atoms with Crippen LogP contribution in [0.2, 0.25) is 0 Å². The molecule has 1 fully saturated rings. The van der Waals surface area contributed by atoms with Crippen LogP contribution in [0.3, 0.4) is 0 Å². The summed E-state index contributed by atoms with van der Waals surface area (Å²) in [7, 11) is 0. The summed E-state index contributed by atoms with van der Waals surface area (Å²) in [4.78, 5) is 25.1. The lowest BCUT2D eigenvalue weighted by Gasteiger charge is -2.26. The van der Waals surface area contributed by atoms with Crippen LogP contribution in [0.1, 0.15) is 34.1 Å². The van der Waals surface area contributed by atoms with Gasteiger partial charge in [-0.2, -0.15) is 0 Å². The lowest BCUT2D eigenvalue weighted by atomic mass is 10.2. The lowest BCUT2D eigenvalue weighted by molar-refractivity contribution is -0.156. The van der Waals surface area contributed by atoms with E-state index >= 15 is 0 Å². The fourth-order valence-electron chi connectivity index (χ4n) is 1.91. The van der Waals surface area contributed by atoms with Crippen molar-refractivity contribution in [1.82, 2.24) is 10.2 Å². The first-order valence-corrected chi connectivity index (χ1v) is 6.07. The number of ether oxygens (including phenoxy) is 1. The van der Waals surface area contributed by atoms with Crippen molar-refractivity contribution in [3.8, 4) is 0 Å². The van der Waals surface area contributed by atoms with Crippen molar-refractivity contribution in [2.24, 2.45) is 0 Å². The first-order valence-electron chi connectivity index (χ1n) is 6.07. The van der Waals surface area contributed by atoms with Crippen molar-refractivity contribution in [1.29, 1.82) is 0 Å². The van der Waals surface area contributed by atoms with Gasteiger partial charge in [-0.05, 0) is 33.7 Å². The van der Waals surface area contributed by atoms with E-state index in [0.717, 1.165) is 6.42 Å². The highest BCUT2D eigenvalue weighted by Crippen LogP contribution is 2.12. The zero-order valence-electron chi connectivity index (χ0n) is 11.1. The highest BCUT2D eigenvalue weighted by molar-refractivity contribution is 5.84. The molecule has 5 heteroatoms. The second-order valence-corrected chi connectivity index (χ2v) is 5.25. The summed E-state index contributed by atoms with van der Waals surface area (Å²) in [6.45, 7) is 8.98. The molecule has 0 spiro atoms. The Kier molecular flexibility index (Phi) is 4.51. The third kappa shape index (κ3) is 4.34. The SMILES string of the molecule is CCN(CC(=O)OC(C)(C)C)[C@H]1CCNC1=O. The van der Waals surface area contributed by atoms with Crippen LogP contribution in [-0.4, -0.2) is 48.1 Å². The smallest absolute Gasteiger partial charge is 0.320 e. The van der Waals surface area contributed by atoms with Crippen LogP contribution >= 0.6 is 0 Å². The molecule has 1 atom stereocenters. The molecule has 17 heavy (non-hydrogen) atoms. The monoisotopic (exact) mass is 242 g/mol. The Morgan fingerprint density at radius 1 is 1.53 bits per heavy atom. The Morgan fingerprint density at radius 2 is 2.18 bits per heavy atom. The molecular weight excluding hydrogens is 220 g/mol. The molecule has 1 aliphatic heterocycles. The second-order valence-electron chi connectivity index (χ2n) is 5.25. The zero-order valence-corrected chi connectivity index (χ0v) is 11.1. The summed E-state index contributed by atoms with van der Waals surface area (Å²) in [6.07, 6.45) is 0.759. The van der Waals surface area contributed by atoms with E-state index in [4.69, 9.17) is 4.74 Å². The van der Waals surface area contributed by atoms with Crippen molar-refractivity contribution in [2.45, 2.75) is 45.8 Å². The molecule has 98 valence electrons. The largest absolute Gasteiger partial charge is 0.459 e. The van der Waals surface area contributed by atoms with E-state index < -0.39 is 5.60 Å². The third-order valence-corrected chi connectivity index (χ3v) is 2.62. The highest BCUT2D eigenvalue weighted by atomic mass is 16.6. The first kappa shape index (κ1) is 14.0. The molecule has 1 saturated heterocycles. The Balaban J connectivity index is 2.52. The normalized spacial score (nSPS) is 20.5. The van der Waals surface area contributed by atoms with E-state index in [-0.39, 0.29) is 24.5 Å². The van der Waals surface area contributed by atoms with Crippen molar-refractivity contribution in [3.63, 3.8) is 0 Å². The van der Waals surface area contributed by atoms with Gasteiger partial charge in [0.1, 0.15) is 5.60 Å². The molecule has 0 aliphatic carbocycles. The van der Waals surface area contributed by atoms with Crippen molar-refractivity contribution in [3.05, 3.63) is 0 Å². The van der Waals surface area contributed by atoms with Gasteiger partial charge >= 0.3 is 5.97 Å². The van der Waals surface area contributed by atoms with Gasteiger partial charge in [0.25, 0.3) is 0 Å². The topological polar surface area (TPSA) is 58.6 Å². The van der Waals surface area contributed by atoms with Crippen molar-refractivity contribution < 1.29 is 14.3 Å². The van der Waals surface area contributed by atoms with Gasteiger partial charge in [0.15, 0.2) is 0 Å². The summed E-state index contributed by atoms with van der Waals surface area (Å²) >= 11 is 0. The van der Waals surface area contributed by atoms with Gasteiger partial charge in [-0.1, -0.05) is 6.92 Å². The van der Waals surface area contributed by atoms with Crippen LogP contribution in [-0.2, 0) is 14.3 Å². The van der Waals surface area contributed by atoms with Crippen LogP contribution in [0.4, 0.5) is 0 Å². The minimum Gasteiger partial charge on any atom is -0.459 e. The Bertz CT molecular complexity index is 297. The summed E-state index contributed by atoms with van der Waals surface area (Å²) in [6, 6.07) is -0.187. The average molecular weight is 242 g/mol. The molecule has 0 radical (unpaired) electrons. The molecule has 1 amide bonds. The van der Waals surface area contributed by atoms with E-state index in [1.54, 1.807) is 0 Å². The maximum Gasteiger partial charge on any atom is 0.320 e. The first-order chi connectivity index (χ1) is 7.83. The molecule has 1 rings (SSSR count). The van der Waals surface area contributed by atoms with Crippen LogP contribution in [0, 0.1) is 0 Å². The quantitative estimate of drug-likeness (QED) is 0.731. The molecule has 5 nitrogen and oxygen atoms in total. The van der Waals surface area contributed by atoms with Gasteiger partial charge in [-0.25, -0.2) is 0 Å². The Labute approximate surface area is 102 Å². The van der Waals surface area contributed by atoms with E-state index in [1.807, 2.05) is 32.6 Å². The fraction of sp³-hybridized carbons (Fsp3) is 0.833. The number of esters is 1. The third-order valence-electron chi connectivity index (χ3n) is 2.62. The van der Waals surface area contributed by atoms with Crippen LogP contribution < -0.4 is 5.32 Å². The number of amides is 1. The molecule has 0 aromatic carbocycles. The molecule has 1 heterocycles. The second kappa shape index (κ2) is 5.49. The maximum atomic E-state index is 11.7. The molecule has 0 saturated carbocycles. The molecule has 0 aromatic heterocycles. The molecule has 0 unspecified atom stereocenters. The van der Waals surface area contributed by atoms with Crippen molar-refractivity contribution >= 4 is 11.9 Å². The minimum absolute atomic E-state index is 0.00964. The van der Waals surface area contributed by atoms with E-state index in [0.29, 0.717) is 13.1 Å². The van der Waals surface area contributed by atoms with E-state index in [9.17, 15) is 9.59 Å². The predicted molar refractivity (Wildman–Crippen MR) is 64.5 cm³/mol. The zero-order chi connectivity index (χ0) is 13.1. The number of likely N-dealkylation sites (N-methyl/N-ethyl adjacent to an activating group) is 1. The standard InChI is InChI=1S/C12H22N2O3/c1-5-14(9-6-7-13-11(9)16)8-10(15)17-12(2,3)4/h9H,5-8H2,1-4H3,(H,13,16)/t9-/m0/s1. The molecular formula is C12H22N2O3. The summed E-state index contributed by atoms with van der Waals surface area (Å²) in [5.74, 6) is -0.269. The number of hydrogen-bond acceptors (Lipinski definition) is 4. The minimum atomic E-state index is -0.478. The average Bonchev–Trinajstić information content (AvgIpc) is 2.58. The molecule has 0 bridgehead atoms. The van der Waals surface area contributed by atoms with Gasteiger partial charge in [-0.3, -0.25) is 14.5 Å². The lowest BCUT2D eigenvalue weighted by Crippen LogP contribution is -2.44. The number of nitrogens with one attached hydrogen (secondary N) is 1. The van der Waals surface area contributed by atoms with E-state index in [2.05, 4.69) is 5.32 Å². The maximum absolute atomic E-state index is 11.7. The van der Waals surface area contributed by atoms with Gasteiger partial charge < -0.3 is 10.1 Å². The van der Waals surface area contributed by atoms with Crippen LogP contribution in [0.25, 0.3) is 0 Å². The highest BCUT2D eigenvalue weighted by Gasteiger charge is 2.31. The molecule has 1 N–H and O–H groups in total. The van der Waals surface area contributed by atoms with Gasteiger partial charge in [0.2, 0.25) is 5.91 Å². The molecule has 0 aromatic rings. The predicted octanol–water partition coefficient (Wildman–Crippen LogP) is 0.539. The van der Waals surface area contributed by atoms with Crippen LogP contribution in [0.5, 0.6) is 0 Å². The van der Waals surface area contributed by atoms with Gasteiger partial charge in [0, 0.05) is 6.54 Å². The number of nitrogens with zero attached hydrogens (tertiary/aromatic N) is 1. The van der Waals surface area contributed by atoms with Crippen molar-refractivity contribution in [2.75, 3.05) is 19.6 Å². The summed E-state index contributed by atoms with van der Waals surface area (Å²) in [5, 5.41) is 2.77. The van der Waals surface area contributed by atoms with Crippen LogP contribution in [0.15, 0.2) is 0 Å².